The first-order valence-electron chi connectivity index (χ1n) is 12.5. The molecular weight excluding hydrogens is 532 g/mol. The van der Waals surface area contributed by atoms with Gasteiger partial charge in [-0.2, -0.15) is 0 Å². The molecule has 0 spiro atoms. The number of rotatable bonds is 9. The molecule has 0 saturated heterocycles. The fourth-order valence-corrected chi connectivity index (χ4v) is 5.66. The quantitative estimate of drug-likeness (QED) is 0.407. The van der Waals surface area contributed by atoms with Crippen molar-refractivity contribution in [3.05, 3.63) is 76.5 Å². The molecule has 5 rings (SSSR count). The predicted molar refractivity (Wildman–Crippen MR) is 158 cm³/mol. The zero-order chi connectivity index (χ0) is 27.4. The Morgan fingerprint density at radius 3 is 2.59 bits per heavy atom. The second kappa shape index (κ2) is 11.8. The molecule has 1 atom stereocenters. The molecule has 200 valence electrons. The number of hydrogen-bond acceptors (Lipinski definition) is 8. The first kappa shape index (κ1) is 26.6. The summed E-state index contributed by atoms with van der Waals surface area (Å²) in [6.07, 6.45) is 0.474. The minimum atomic E-state index is -0.687. The lowest BCUT2D eigenvalue weighted by atomic mass is 10.1. The van der Waals surface area contributed by atoms with Crippen LogP contribution in [0.25, 0.3) is 0 Å². The Hall–Kier alpha value is -3.96. The highest BCUT2D eigenvalue weighted by molar-refractivity contribution is 8.14. The molecule has 39 heavy (non-hydrogen) atoms. The predicted octanol–water partition coefficient (Wildman–Crippen LogP) is 4.24. The molecule has 0 fully saturated rings. The highest BCUT2D eigenvalue weighted by Crippen LogP contribution is 2.34. The maximum Gasteiger partial charge on any atom is 0.259 e. The van der Waals surface area contributed by atoms with E-state index in [1.54, 1.807) is 11.3 Å². The van der Waals surface area contributed by atoms with Gasteiger partial charge in [-0.15, -0.1) is 11.3 Å². The standard InChI is InChI=1S/C28H28N6O3S2/c1-33(2)19-11-9-18(10-12-19)30-25(36)17-39-28-32-22-8-4-3-7-21(22)26-31-23(27(37)34(26)28)13-14-24(35)29-16-20-6-5-15-38-20/h3-12,15,23H,13-14,16-17H2,1-2H3,(H,29,35)(H,30,36)/t23-/m0/s1. The number of fused-ring (bicyclic) bond motifs is 3. The van der Waals surface area contributed by atoms with E-state index in [1.165, 1.54) is 16.7 Å². The zero-order valence-electron chi connectivity index (χ0n) is 21.6. The lowest BCUT2D eigenvalue weighted by Gasteiger charge is -2.25. The third kappa shape index (κ3) is 6.21. The summed E-state index contributed by atoms with van der Waals surface area (Å²) < 4.78 is 0. The molecule has 0 unspecified atom stereocenters. The Morgan fingerprint density at radius 2 is 1.85 bits per heavy atom. The topological polar surface area (TPSA) is 106 Å². The van der Waals surface area contributed by atoms with Crippen molar-refractivity contribution in [3.8, 4) is 0 Å². The van der Waals surface area contributed by atoms with Crippen LogP contribution in [0.4, 0.5) is 17.1 Å². The van der Waals surface area contributed by atoms with Crippen LogP contribution in [0.5, 0.6) is 0 Å². The van der Waals surface area contributed by atoms with Crippen LogP contribution in [-0.4, -0.2) is 59.5 Å². The van der Waals surface area contributed by atoms with Crippen molar-refractivity contribution in [1.82, 2.24) is 10.2 Å². The lowest BCUT2D eigenvalue weighted by molar-refractivity contribution is -0.125. The maximum absolute atomic E-state index is 13.4. The van der Waals surface area contributed by atoms with Gasteiger partial charge in [0.05, 0.1) is 18.0 Å². The molecule has 1 aromatic heterocycles. The molecule has 0 bridgehead atoms. The minimum Gasteiger partial charge on any atom is -0.378 e. The minimum absolute atomic E-state index is 0.0727. The van der Waals surface area contributed by atoms with Crippen molar-refractivity contribution in [1.29, 1.82) is 0 Å². The summed E-state index contributed by atoms with van der Waals surface area (Å²) >= 11 is 2.77. The number of carbonyl (C=O) groups is 3. The maximum atomic E-state index is 13.4. The smallest absolute Gasteiger partial charge is 0.259 e. The van der Waals surface area contributed by atoms with Gasteiger partial charge in [-0.25, -0.2) is 9.89 Å². The summed E-state index contributed by atoms with van der Waals surface area (Å²) in [5, 5.41) is 8.15. The van der Waals surface area contributed by atoms with E-state index in [9.17, 15) is 14.4 Å². The van der Waals surface area contributed by atoms with Gasteiger partial charge in [0.15, 0.2) is 5.17 Å². The van der Waals surface area contributed by atoms with E-state index in [-0.39, 0.29) is 29.9 Å². The van der Waals surface area contributed by atoms with Gasteiger partial charge in [0.1, 0.15) is 11.9 Å². The Kier molecular flexibility index (Phi) is 8.08. The number of para-hydroxylation sites is 1. The van der Waals surface area contributed by atoms with Gasteiger partial charge in [-0.3, -0.25) is 19.4 Å². The van der Waals surface area contributed by atoms with Crippen LogP contribution in [-0.2, 0) is 20.9 Å². The molecule has 2 aliphatic rings. The molecule has 2 aliphatic heterocycles. The number of nitrogens with zero attached hydrogens (tertiary/aromatic N) is 4. The fraction of sp³-hybridized carbons (Fsp3) is 0.250. The average molecular weight is 561 g/mol. The number of anilines is 2. The number of hydrogen-bond donors (Lipinski definition) is 2. The molecule has 0 radical (unpaired) electrons. The van der Waals surface area contributed by atoms with Crippen LogP contribution in [0.15, 0.2) is 76.0 Å². The van der Waals surface area contributed by atoms with Gasteiger partial charge in [0.2, 0.25) is 11.8 Å². The van der Waals surface area contributed by atoms with Crippen molar-refractivity contribution < 1.29 is 14.4 Å². The normalized spacial score (nSPS) is 15.7. The van der Waals surface area contributed by atoms with E-state index in [4.69, 9.17) is 4.99 Å². The number of nitrogens with one attached hydrogen (secondary N) is 2. The van der Waals surface area contributed by atoms with Crippen LogP contribution in [0.2, 0.25) is 0 Å². The summed E-state index contributed by atoms with van der Waals surface area (Å²) in [4.78, 5) is 52.4. The van der Waals surface area contributed by atoms with E-state index >= 15 is 0 Å². The number of amidine groups is 2. The summed E-state index contributed by atoms with van der Waals surface area (Å²) in [6.45, 7) is 0.471. The fourth-order valence-electron chi connectivity index (χ4n) is 4.21. The van der Waals surface area contributed by atoms with Gasteiger partial charge in [-0.1, -0.05) is 30.0 Å². The molecule has 2 N–H and O–H groups in total. The first-order valence-corrected chi connectivity index (χ1v) is 14.3. The monoisotopic (exact) mass is 560 g/mol. The van der Waals surface area contributed by atoms with Crippen LogP contribution < -0.4 is 15.5 Å². The van der Waals surface area contributed by atoms with Gasteiger partial charge in [0, 0.05) is 42.3 Å². The Morgan fingerprint density at radius 1 is 1.05 bits per heavy atom. The number of benzene rings is 2. The number of thiophene rings is 1. The third-order valence-electron chi connectivity index (χ3n) is 6.23. The summed E-state index contributed by atoms with van der Waals surface area (Å²) in [6, 6.07) is 18.3. The SMILES string of the molecule is CN(C)c1ccc(NC(=O)CSC2=Nc3ccccc3C3=N[C@@H](CCC(=O)NCc4cccs4)C(=O)N23)cc1. The van der Waals surface area contributed by atoms with Crippen LogP contribution in [0, 0.1) is 0 Å². The highest BCUT2D eigenvalue weighted by Gasteiger charge is 2.41. The van der Waals surface area contributed by atoms with Crippen LogP contribution >= 0.6 is 23.1 Å². The second-order valence-electron chi connectivity index (χ2n) is 9.23. The molecule has 11 heteroatoms. The number of amides is 3. The summed E-state index contributed by atoms with van der Waals surface area (Å²) in [5.41, 5.74) is 3.17. The molecule has 3 amide bonds. The van der Waals surface area contributed by atoms with Crippen LogP contribution in [0.1, 0.15) is 23.3 Å². The van der Waals surface area contributed by atoms with E-state index in [2.05, 4.69) is 15.6 Å². The average Bonchev–Trinajstić information content (AvgIpc) is 3.58. The Bertz CT molecular complexity index is 1430. The molecule has 2 aromatic carbocycles. The van der Waals surface area contributed by atoms with E-state index in [0.717, 1.165) is 16.1 Å². The molecule has 3 heterocycles. The number of thioether (sulfide) groups is 1. The second-order valence-corrected chi connectivity index (χ2v) is 11.2. The number of aliphatic imine (C=N–C) groups is 2. The summed E-state index contributed by atoms with van der Waals surface area (Å²) in [5.74, 6) is 0.0141. The van der Waals surface area contributed by atoms with Crippen molar-refractivity contribution in [3.63, 3.8) is 0 Å². The molecule has 9 nitrogen and oxygen atoms in total. The lowest BCUT2D eigenvalue weighted by Crippen LogP contribution is -2.41. The Balaban J connectivity index is 1.23. The van der Waals surface area contributed by atoms with E-state index in [1.807, 2.05) is 85.0 Å². The largest absolute Gasteiger partial charge is 0.378 e. The van der Waals surface area contributed by atoms with Crippen LogP contribution in [0.3, 0.4) is 0 Å². The molecule has 3 aromatic rings. The van der Waals surface area contributed by atoms with Gasteiger partial charge in [0.25, 0.3) is 5.91 Å². The molecule has 0 aliphatic carbocycles. The zero-order valence-corrected chi connectivity index (χ0v) is 23.2. The Labute approximate surface area is 235 Å². The molecule has 0 saturated carbocycles. The van der Waals surface area contributed by atoms with E-state index < -0.39 is 6.04 Å². The third-order valence-corrected chi connectivity index (χ3v) is 8.05. The summed E-state index contributed by atoms with van der Waals surface area (Å²) in [7, 11) is 3.91. The van der Waals surface area contributed by atoms with Crippen molar-refractivity contribution in [2.75, 3.05) is 30.1 Å². The van der Waals surface area contributed by atoms with Crippen molar-refractivity contribution in [2.45, 2.75) is 25.4 Å². The highest BCUT2D eigenvalue weighted by atomic mass is 32.2. The first-order chi connectivity index (χ1) is 18.9. The number of carbonyl (C=O) groups excluding carboxylic acids is 3. The van der Waals surface area contributed by atoms with E-state index in [0.29, 0.717) is 35.3 Å². The van der Waals surface area contributed by atoms with Crippen molar-refractivity contribution in [2.24, 2.45) is 9.98 Å². The van der Waals surface area contributed by atoms with Gasteiger partial charge < -0.3 is 15.5 Å². The molecular formula is C28H28N6O3S2. The van der Waals surface area contributed by atoms with Gasteiger partial charge in [-0.05, 0) is 54.3 Å². The van der Waals surface area contributed by atoms with Crippen molar-refractivity contribution >= 4 is 68.9 Å². The van der Waals surface area contributed by atoms with Gasteiger partial charge >= 0.3 is 0 Å².